The van der Waals surface area contributed by atoms with Crippen molar-refractivity contribution in [3.05, 3.63) is 0 Å². The van der Waals surface area contributed by atoms with Crippen molar-refractivity contribution < 1.29 is 13.5 Å². The lowest BCUT2D eigenvalue weighted by atomic mass is 9.99. The van der Waals surface area contributed by atoms with Crippen LogP contribution in [-0.2, 0) is 9.84 Å². The second kappa shape index (κ2) is 3.52. The summed E-state index contributed by atoms with van der Waals surface area (Å²) in [5.41, 5.74) is 0. The molecule has 5 heteroatoms. The molecule has 0 aliphatic heterocycles. The van der Waals surface area contributed by atoms with Gasteiger partial charge in [-0.3, -0.25) is 0 Å². The van der Waals surface area contributed by atoms with Gasteiger partial charge in [0.25, 0.3) is 0 Å². The molecule has 0 spiro atoms. The molecule has 1 fully saturated rings. The number of sulfone groups is 1. The van der Waals surface area contributed by atoms with Gasteiger partial charge in [0, 0.05) is 12.9 Å². The van der Waals surface area contributed by atoms with E-state index in [0.717, 1.165) is 6.26 Å². The Morgan fingerprint density at radius 3 is 2.43 bits per heavy atom. The van der Waals surface area contributed by atoms with E-state index in [4.69, 9.17) is 10.4 Å². The topological polar surface area (TPSA) is 78.2 Å². The summed E-state index contributed by atoms with van der Waals surface area (Å²) in [4.78, 5) is 0. The van der Waals surface area contributed by atoms with Gasteiger partial charge in [-0.05, 0) is 24.7 Å². The molecule has 0 aromatic heterocycles. The van der Waals surface area contributed by atoms with Crippen LogP contribution in [0.1, 0.15) is 19.8 Å². The van der Waals surface area contributed by atoms with Crippen LogP contribution in [-0.4, -0.2) is 31.1 Å². The zero-order valence-electron chi connectivity index (χ0n) is 8.40. The van der Waals surface area contributed by atoms with Crippen molar-refractivity contribution in [2.24, 2.45) is 11.8 Å². The molecule has 0 radical (unpaired) electrons. The van der Waals surface area contributed by atoms with E-state index in [-0.39, 0.29) is 24.9 Å². The molecule has 0 amide bonds. The number of rotatable bonds is 2. The Morgan fingerprint density at radius 1 is 1.64 bits per heavy atom. The van der Waals surface area contributed by atoms with E-state index in [9.17, 15) is 8.42 Å². The lowest BCUT2D eigenvalue weighted by Crippen LogP contribution is -2.39. The minimum Gasteiger partial charge on any atom is -0.396 e. The van der Waals surface area contributed by atoms with Crippen molar-refractivity contribution in [3.63, 3.8) is 0 Å². The predicted molar refractivity (Wildman–Crippen MR) is 52.2 cm³/mol. The minimum absolute atomic E-state index is 0.0384. The van der Waals surface area contributed by atoms with Gasteiger partial charge in [0.05, 0.1) is 6.07 Å². The predicted octanol–water partition coefficient (Wildman–Crippen LogP) is 0.332. The molecule has 0 unspecified atom stereocenters. The van der Waals surface area contributed by atoms with Crippen LogP contribution >= 0.6 is 0 Å². The van der Waals surface area contributed by atoms with Crippen molar-refractivity contribution in [3.8, 4) is 6.07 Å². The summed E-state index contributed by atoms with van der Waals surface area (Å²) in [6.07, 6.45) is 1.98. The van der Waals surface area contributed by atoms with Crippen LogP contribution in [0.2, 0.25) is 0 Å². The molecule has 0 bridgehead atoms. The molecular formula is C9H15NO3S. The van der Waals surface area contributed by atoms with Crippen LogP contribution in [0.25, 0.3) is 0 Å². The zero-order chi connectivity index (χ0) is 11.0. The summed E-state index contributed by atoms with van der Waals surface area (Å²) >= 11 is 0. The molecular weight excluding hydrogens is 202 g/mol. The Labute approximate surface area is 84.5 Å². The summed E-state index contributed by atoms with van der Waals surface area (Å²) in [6, 6.07) is 1.93. The molecule has 80 valence electrons. The molecule has 3 atom stereocenters. The summed E-state index contributed by atoms with van der Waals surface area (Å²) in [5.74, 6) is -0.251. The summed E-state index contributed by atoms with van der Waals surface area (Å²) in [7, 11) is -3.38. The Balaban J connectivity index is 3.11. The van der Waals surface area contributed by atoms with Gasteiger partial charge in [0.1, 0.15) is 0 Å². The highest BCUT2D eigenvalue weighted by Gasteiger charge is 2.52. The largest absolute Gasteiger partial charge is 0.396 e. The molecule has 1 aliphatic rings. The highest BCUT2D eigenvalue weighted by Crippen LogP contribution is 2.44. The number of hydrogen-bond donors (Lipinski definition) is 1. The summed E-state index contributed by atoms with van der Waals surface area (Å²) in [5, 5.41) is 18.0. The maximum absolute atomic E-state index is 11.6. The Bertz CT molecular complexity index is 357. The molecule has 1 rings (SSSR count). The van der Waals surface area contributed by atoms with Crippen LogP contribution in [0.3, 0.4) is 0 Å². The lowest BCUT2D eigenvalue weighted by molar-refractivity contribution is 0.226. The van der Waals surface area contributed by atoms with Gasteiger partial charge in [0.2, 0.25) is 0 Å². The van der Waals surface area contributed by atoms with Crippen LogP contribution in [0.15, 0.2) is 0 Å². The number of nitriles is 1. The fraction of sp³-hybridized carbons (Fsp3) is 0.889. The Morgan fingerprint density at radius 2 is 2.21 bits per heavy atom. The maximum Gasteiger partial charge on any atom is 0.166 e. The zero-order valence-corrected chi connectivity index (χ0v) is 9.21. The van der Waals surface area contributed by atoms with Crippen LogP contribution in [0.5, 0.6) is 0 Å². The average molecular weight is 217 g/mol. The number of hydrogen-bond acceptors (Lipinski definition) is 4. The normalized spacial score (nSPS) is 38.1. The monoisotopic (exact) mass is 217 g/mol. The SMILES string of the molecule is C[C@@H]1C[C@H](CO)C[C@@]1(C#N)S(C)(=O)=O. The third kappa shape index (κ3) is 1.53. The highest BCUT2D eigenvalue weighted by atomic mass is 32.2. The molecule has 14 heavy (non-hydrogen) atoms. The summed E-state index contributed by atoms with van der Waals surface area (Å²) < 4.78 is 21.8. The van der Waals surface area contributed by atoms with E-state index < -0.39 is 14.6 Å². The van der Waals surface area contributed by atoms with Gasteiger partial charge in [0.15, 0.2) is 14.6 Å². The first kappa shape index (κ1) is 11.5. The third-order valence-corrected chi connectivity index (χ3v) is 5.17. The van der Waals surface area contributed by atoms with E-state index >= 15 is 0 Å². The van der Waals surface area contributed by atoms with Gasteiger partial charge >= 0.3 is 0 Å². The van der Waals surface area contributed by atoms with Gasteiger partial charge in [-0.2, -0.15) is 5.26 Å². The molecule has 0 aromatic rings. The van der Waals surface area contributed by atoms with Crippen molar-refractivity contribution in [1.82, 2.24) is 0 Å². The standard InChI is InChI=1S/C9H15NO3S/c1-7-3-8(5-11)4-9(7,6-10)14(2,12)13/h7-8,11H,3-5H2,1-2H3/t7-,8+,9+/m1/s1. The maximum atomic E-state index is 11.6. The van der Waals surface area contributed by atoms with E-state index in [1.54, 1.807) is 6.92 Å². The first-order valence-corrected chi connectivity index (χ1v) is 6.48. The van der Waals surface area contributed by atoms with E-state index in [2.05, 4.69) is 0 Å². The molecule has 1 saturated carbocycles. The van der Waals surface area contributed by atoms with E-state index in [1.807, 2.05) is 6.07 Å². The quantitative estimate of drug-likeness (QED) is 0.723. The average Bonchev–Trinajstić information content (AvgIpc) is 2.42. The van der Waals surface area contributed by atoms with Gasteiger partial charge in [-0.25, -0.2) is 8.42 Å². The van der Waals surface area contributed by atoms with Crippen LogP contribution < -0.4 is 0 Å². The van der Waals surface area contributed by atoms with Gasteiger partial charge in [-0.15, -0.1) is 0 Å². The number of aliphatic hydroxyl groups excluding tert-OH is 1. The molecule has 1 aliphatic carbocycles. The van der Waals surface area contributed by atoms with Gasteiger partial charge in [-0.1, -0.05) is 6.92 Å². The van der Waals surface area contributed by atoms with Crippen LogP contribution in [0.4, 0.5) is 0 Å². The van der Waals surface area contributed by atoms with Crippen molar-refractivity contribution in [2.45, 2.75) is 24.5 Å². The first-order valence-electron chi connectivity index (χ1n) is 4.59. The molecule has 1 N–H and O–H groups in total. The van der Waals surface area contributed by atoms with Crippen molar-refractivity contribution in [2.75, 3.05) is 12.9 Å². The smallest absolute Gasteiger partial charge is 0.166 e. The minimum atomic E-state index is -3.38. The second-order valence-corrected chi connectivity index (χ2v) is 6.44. The lowest BCUT2D eigenvalue weighted by Gasteiger charge is -2.23. The van der Waals surface area contributed by atoms with Crippen LogP contribution in [0, 0.1) is 23.2 Å². The molecule has 0 aromatic carbocycles. The molecule has 0 saturated heterocycles. The van der Waals surface area contributed by atoms with Crippen molar-refractivity contribution >= 4 is 9.84 Å². The molecule has 0 heterocycles. The highest BCUT2D eigenvalue weighted by molar-refractivity contribution is 7.92. The third-order valence-electron chi connectivity index (χ3n) is 3.18. The fourth-order valence-electron chi connectivity index (χ4n) is 2.30. The van der Waals surface area contributed by atoms with Crippen molar-refractivity contribution in [1.29, 1.82) is 5.26 Å². The fourth-order valence-corrected chi connectivity index (χ4v) is 3.83. The number of nitrogens with zero attached hydrogens (tertiary/aromatic N) is 1. The Kier molecular flexibility index (Phi) is 2.88. The second-order valence-electron chi connectivity index (χ2n) is 4.16. The number of aliphatic hydroxyl groups is 1. The Hall–Kier alpha value is -0.600. The summed E-state index contributed by atoms with van der Waals surface area (Å²) in [6.45, 7) is 1.73. The van der Waals surface area contributed by atoms with E-state index in [0.29, 0.717) is 6.42 Å². The van der Waals surface area contributed by atoms with Gasteiger partial charge < -0.3 is 5.11 Å². The van der Waals surface area contributed by atoms with E-state index in [1.165, 1.54) is 0 Å². The first-order chi connectivity index (χ1) is 6.37. The molecule has 4 nitrogen and oxygen atoms in total.